The van der Waals surface area contributed by atoms with Crippen molar-refractivity contribution >= 4 is 11.8 Å². The van der Waals surface area contributed by atoms with Gasteiger partial charge in [0, 0.05) is 37.4 Å². The fourth-order valence-corrected chi connectivity index (χ4v) is 3.90. The summed E-state index contributed by atoms with van der Waals surface area (Å²) in [5.41, 5.74) is -11.0. The van der Waals surface area contributed by atoms with E-state index in [1.54, 1.807) is 10.6 Å². The van der Waals surface area contributed by atoms with E-state index in [9.17, 15) is 88.6 Å². The molecule has 0 aromatic carbocycles. The van der Waals surface area contributed by atoms with Gasteiger partial charge in [-0.15, -0.1) is 0 Å². The Labute approximate surface area is 308 Å². The smallest absolute Gasteiger partial charge is 0.368 e. The van der Waals surface area contributed by atoms with Gasteiger partial charge in [0.2, 0.25) is 12.2 Å². The molecule has 57 heavy (non-hydrogen) atoms. The molecule has 2 aromatic heterocycles. The molecular weight excluding hydrogens is 838 g/mol. The molecule has 0 aliphatic heterocycles. The number of halogens is 18. The van der Waals surface area contributed by atoms with Crippen LogP contribution in [0.3, 0.4) is 0 Å². The van der Waals surface area contributed by atoms with E-state index in [0.717, 1.165) is 0 Å². The van der Waals surface area contributed by atoms with Crippen molar-refractivity contribution in [3.8, 4) is 0 Å². The quantitative estimate of drug-likeness (QED) is 0.111. The molecule has 0 spiro atoms. The fourth-order valence-electron chi connectivity index (χ4n) is 3.90. The van der Waals surface area contributed by atoms with E-state index in [4.69, 9.17) is 4.74 Å². The van der Waals surface area contributed by atoms with Gasteiger partial charge >= 0.3 is 36.9 Å². The normalized spacial score (nSPS) is 16.6. The van der Waals surface area contributed by atoms with E-state index >= 15 is 0 Å². The zero-order valence-corrected chi connectivity index (χ0v) is 28.8. The summed E-state index contributed by atoms with van der Waals surface area (Å²) >= 11 is 0. The van der Waals surface area contributed by atoms with Gasteiger partial charge in [-0.05, 0) is 25.0 Å². The Bertz CT molecular complexity index is 1510. The number of ether oxygens (including phenoxy) is 3. The van der Waals surface area contributed by atoms with Gasteiger partial charge in [0.1, 0.15) is 13.2 Å². The molecule has 0 aliphatic carbocycles. The zero-order valence-electron chi connectivity index (χ0n) is 28.8. The van der Waals surface area contributed by atoms with Gasteiger partial charge in [0.05, 0.1) is 0 Å². The van der Waals surface area contributed by atoms with Crippen LogP contribution < -0.4 is 19.8 Å². The molecule has 0 aliphatic rings. The summed E-state index contributed by atoms with van der Waals surface area (Å²) in [7, 11) is 0. The first-order valence-electron chi connectivity index (χ1n) is 15.5. The van der Waals surface area contributed by atoms with Crippen LogP contribution in [0.5, 0.6) is 0 Å². The number of hydrogen-bond donors (Lipinski definition) is 2. The van der Waals surface area contributed by atoms with Crippen molar-refractivity contribution in [3.63, 3.8) is 0 Å². The fraction of sp³-hybridized carbons (Fsp3) is 0.600. The average Bonchev–Trinajstić information content (AvgIpc) is 3.06. The summed E-state index contributed by atoms with van der Waals surface area (Å²) in [6.07, 6.45) is -39.9. The molecule has 0 saturated carbocycles. The first-order valence-corrected chi connectivity index (χ1v) is 15.5. The van der Waals surface area contributed by atoms with Gasteiger partial charge in [-0.1, -0.05) is 0 Å². The topological polar surface area (TPSA) is 93.6 Å². The number of nitrogens with zero attached hydrogens (tertiary/aromatic N) is 2. The highest BCUT2D eigenvalue weighted by Crippen LogP contribution is 2.48. The molecule has 2 rings (SSSR count). The van der Waals surface area contributed by atoms with E-state index in [-0.39, 0.29) is 37.4 Å². The molecule has 0 radical (unpaired) electrons. The third-order valence-corrected chi connectivity index (χ3v) is 7.60. The van der Waals surface area contributed by atoms with E-state index in [1.165, 1.54) is 58.2 Å². The number of aromatic nitrogens is 2. The van der Waals surface area contributed by atoms with Crippen LogP contribution in [-0.2, 0) is 50.0 Å². The SMILES string of the molecule is CC(F)(C(F)(F)F)C(F)(F)OC(C(=O)NCc1cc[n+](CCOCC[n+]2ccc(CNC(=O)C(OC(F)(F)C(C)(F)C(F)(F)F)C(F)(F)F)cc2)cc1)C(F)(F)F. The number of nitrogens with one attached hydrogen (secondary N) is 2. The van der Waals surface area contributed by atoms with Crippen molar-refractivity contribution in [2.24, 2.45) is 0 Å². The predicted octanol–water partition coefficient (Wildman–Crippen LogP) is 5.87. The summed E-state index contributed by atoms with van der Waals surface area (Å²) < 4.78 is 252. The molecule has 0 fully saturated rings. The van der Waals surface area contributed by atoms with Crippen molar-refractivity contribution in [3.05, 3.63) is 60.2 Å². The van der Waals surface area contributed by atoms with Crippen LogP contribution in [0.25, 0.3) is 0 Å². The van der Waals surface area contributed by atoms with Gasteiger partial charge in [-0.25, -0.2) is 17.9 Å². The van der Waals surface area contributed by atoms with Crippen molar-refractivity contribution in [2.45, 2.75) is 100 Å². The summed E-state index contributed by atoms with van der Waals surface area (Å²) in [6, 6.07) is 5.00. The van der Waals surface area contributed by atoms with Crippen LogP contribution in [0, 0.1) is 0 Å². The molecule has 0 bridgehead atoms. The Morgan fingerprint density at radius 2 is 0.825 bits per heavy atom. The lowest BCUT2D eigenvalue weighted by molar-refractivity contribution is -0.705. The minimum absolute atomic E-state index is 0.0433. The lowest BCUT2D eigenvalue weighted by atomic mass is 10.1. The van der Waals surface area contributed by atoms with E-state index < -0.39 is 99.2 Å². The van der Waals surface area contributed by atoms with Crippen LogP contribution in [0.15, 0.2) is 49.1 Å². The molecule has 2 amide bonds. The maximum atomic E-state index is 13.8. The first-order chi connectivity index (χ1) is 25.6. The van der Waals surface area contributed by atoms with Crippen LogP contribution >= 0.6 is 0 Å². The Morgan fingerprint density at radius 1 is 0.544 bits per heavy atom. The first kappa shape index (κ1) is 49.0. The third kappa shape index (κ3) is 12.9. The lowest BCUT2D eigenvalue weighted by Gasteiger charge is -2.33. The van der Waals surface area contributed by atoms with Gasteiger partial charge in [-0.2, -0.15) is 70.2 Å². The Hall–Kier alpha value is -4.14. The minimum atomic E-state index is -6.36. The molecule has 2 N–H and O–H groups in total. The molecular formula is C30H30F18N4O5+2. The second-order valence-corrected chi connectivity index (χ2v) is 12.1. The van der Waals surface area contributed by atoms with E-state index in [2.05, 4.69) is 9.47 Å². The van der Waals surface area contributed by atoms with Crippen molar-refractivity contribution < 1.29 is 112 Å². The van der Waals surface area contributed by atoms with Gasteiger partial charge in [-0.3, -0.25) is 19.1 Å². The van der Waals surface area contributed by atoms with Crippen molar-refractivity contribution in [1.82, 2.24) is 10.6 Å². The molecule has 2 heterocycles. The molecule has 2 aromatic rings. The molecule has 0 saturated heterocycles. The second kappa shape index (κ2) is 17.8. The Kier molecular flexibility index (Phi) is 15.3. The maximum absolute atomic E-state index is 13.8. The van der Waals surface area contributed by atoms with Gasteiger partial charge < -0.3 is 15.4 Å². The molecule has 4 unspecified atom stereocenters. The number of carbonyl (C=O) groups excluding carboxylic acids is 2. The Morgan fingerprint density at radius 3 is 1.07 bits per heavy atom. The van der Waals surface area contributed by atoms with Crippen LogP contribution in [-0.4, -0.2) is 85.5 Å². The second-order valence-electron chi connectivity index (χ2n) is 12.1. The van der Waals surface area contributed by atoms with Crippen molar-refractivity contribution in [2.75, 3.05) is 13.2 Å². The van der Waals surface area contributed by atoms with Crippen LogP contribution in [0.4, 0.5) is 79.0 Å². The van der Waals surface area contributed by atoms with E-state index in [1.807, 2.05) is 0 Å². The highest BCUT2D eigenvalue weighted by Gasteiger charge is 2.72. The zero-order chi connectivity index (χ0) is 44.1. The molecule has 9 nitrogen and oxygen atoms in total. The molecule has 324 valence electrons. The third-order valence-electron chi connectivity index (χ3n) is 7.60. The summed E-state index contributed by atoms with van der Waals surface area (Å²) in [5.74, 6) is -4.67. The summed E-state index contributed by atoms with van der Waals surface area (Å²) in [5, 5.41) is 3.13. The monoisotopic (exact) mass is 868 g/mol. The number of rotatable bonds is 18. The number of hydrogen-bond acceptors (Lipinski definition) is 5. The number of pyridine rings is 2. The number of alkyl halides is 18. The van der Waals surface area contributed by atoms with Gasteiger partial charge in [0.25, 0.3) is 23.2 Å². The number of amides is 2. The van der Waals surface area contributed by atoms with Crippen molar-refractivity contribution in [1.29, 1.82) is 0 Å². The largest absolute Gasteiger partial charge is 0.430 e. The van der Waals surface area contributed by atoms with Gasteiger partial charge in [0.15, 0.2) is 37.9 Å². The average molecular weight is 869 g/mol. The summed E-state index contributed by atoms with van der Waals surface area (Å²) in [4.78, 5) is 23.9. The maximum Gasteiger partial charge on any atom is 0.430 e. The van der Waals surface area contributed by atoms with E-state index in [0.29, 0.717) is 0 Å². The standard InChI is InChI=1S/C30H28F18N4O5/c1-23(31,27(39,40)41)29(45,46)56-19(25(33,34)35)21(53)49-15-17-3-7-51(8-4-17)11-13-55-14-12-52-9-5-18(6-10-52)16-50-22(54)20(26(36,37)38)57-30(47,48)24(2,32)28(42,43)44/h3-10,19-20H,11-16H2,1-2H3/p+2. The predicted molar refractivity (Wildman–Crippen MR) is 151 cm³/mol. The highest BCUT2D eigenvalue weighted by molar-refractivity contribution is 5.82. The lowest BCUT2D eigenvalue weighted by Crippen LogP contribution is -2.59. The summed E-state index contributed by atoms with van der Waals surface area (Å²) in [6.45, 7) is -2.62. The highest BCUT2D eigenvalue weighted by atomic mass is 19.4. The number of carbonyl (C=O) groups is 2. The minimum Gasteiger partial charge on any atom is -0.368 e. The Balaban J connectivity index is 1.84. The van der Waals surface area contributed by atoms with Crippen LogP contribution in [0.2, 0.25) is 0 Å². The molecule has 4 atom stereocenters. The van der Waals surface area contributed by atoms with Crippen LogP contribution in [0.1, 0.15) is 25.0 Å². The molecule has 27 heteroatoms.